The standard InChI is InChI=1S/C32H21ClFN3O5S2/c33-17-8-13-23(42-15-24(38)35-22-7-3-5-16-4-1-2-6-20(16)22)21(14-17)25-26-28(43-29-27(25)44-32(41)36-29)31(40)37(30(26)39)19-11-9-18(34)10-12-19/h1-14,25-26,28H,15H2,(H,35,38)(H,36,41)/t25-,26?,28?/m1/s1. The van der Waals surface area contributed by atoms with Crippen molar-refractivity contribution >= 4 is 74.6 Å². The number of hydrogen-bond acceptors (Lipinski definition) is 7. The van der Waals surface area contributed by atoms with E-state index in [1.54, 1.807) is 24.3 Å². The first kappa shape index (κ1) is 28.3. The lowest BCUT2D eigenvalue weighted by Crippen LogP contribution is -2.32. The van der Waals surface area contributed by atoms with E-state index in [9.17, 15) is 23.6 Å². The molecule has 44 heavy (non-hydrogen) atoms. The Morgan fingerprint density at radius 1 is 0.977 bits per heavy atom. The molecule has 2 aliphatic heterocycles. The van der Waals surface area contributed by atoms with Crippen LogP contribution >= 0.6 is 34.7 Å². The highest BCUT2D eigenvalue weighted by atomic mass is 35.5. The molecule has 2 aliphatic rings. The summed E-state index contributed by atoms with van der Waals surface area (Å²) >= 11 is 8.50. The fraction of sp³-hybridized carbons (Fsp3) is 0.125. The van der Waals surface area contributed by atoms with E-state index in [4.69, 9.17) is 16.3 Å². The van der Waals surface area contributed by atoms with Gasteiger partial charge in [-0.25, -0.2) is 9.29 Å². The Morgan fingerprint density at radius 2 is 1.75 bits per heavy atom. The molecule has 3 amide bonds. The van der Waals surface area contributed by atoms with Gasteiger partial charge in [0.15, 0.2) is 6.61 Å². The number of carbonyl (C=O) groups excluding carboxylic acids is 3. The SMILES string of the molecule is O=C(COc1ccc(Cl)cc1[C@H]1c2sc(=O)[nH]c2SC2C(=O)N(c3ccc(F)cc3)C(=O)C21)Nc1cccc2ccccc12. The number of amides is 3. The molecule has 2 N–H and O–H groups in total. The van der Waals surface area contributed by atoms with Crippen molar-refractivity contribution in [3.05, 3.63) is 116 Å². The number of thioether (sulfide) groups is 1. The predicted octanol–water partition coefficient (Wildman–Crippen LogP) is 6.20. The second-order valence-corrected chi connectivity index (χ2v) is 12.9. The predicted molar refractivity (Wildman–Crippen MR) is 168 cm³/mol. The summed E-state index contributed by atoms with van der Waals surface area (Å²) in [4.78, 5) is 57.3. The maximum absolute atomic E-state index is 14.0. The topological polar surface area (TPSA) is 109 Å². The van der Waals surface area contributed by atoms with Crippen molar-refractivity contribution in [2.75, 3.05) is 16.8 Å². The van der Waals surface area contributed by atoms with Crippen LogP contribution in [0, 0.1) is 11.7 Å². The summed E-state index contributed by atoms with van der Waals surface area (Å²) in [5.74, 6) is -3.28. The smallest absolute Gasteiger partial charge is 0.305 e. The summed E-state index contributed by atoms with van der Waals surface area (Å²) < 4.78 is 19.7. The van der Waals surface area contributed by atoms with Crippen LogP contribution in [0.2, 0.25) is 5.02 Å². The average Bonchev–Trinajstić information content (AvgIpc) is 3.51. The molecule has 7 rings (SSSR count). The number of H-pyrrole nitrogens is 1. The minimum atomic E-state index is -0.915. The van der Waals surface area contributed by atoms with Gasteiger partial charge in [-0.05, 0) is 53.9 Å². The molecule has 1 aromatic heterocycles. The number of aromatic nitrogens is 1. The summed E-state index contributed by atoms with van der Waals surface area (Å²) in [6, 6.07) is 23.2. The number of thiazole rings is 1. The van der Waals surface area contributed by atoms with E-state index in [1.165, 1.54) is 24.3 Å². The van der Waals surface area contributed by atoms with Crippen LogP contribution in [-0.2, 0) is 14.4 Å². The Bertz CT molecular complexity index is 2020. The summed E-state index contributed by atoms with van der Waals surface area (Å²) in [5.41, 5.74) is 1.35. The zero-order chi connectivity index (χ0) is 30.5. The summed E-state index contributed by atoms with van der Waals surface area (Å²) in [7, 11) is 0. The normalized spacial score (nSPS) is 19.1. The lowest BCUT2D eigenvalue weighted by molar-refractivity contribution is -0.122. The third kappa shape index (κ3) is 4.96. The van der Waals surface area contributed by atoms with Gasteiger partial charge in [0.1, 0.15) is 16.8 Å². The molecule has 4 aromatic carbocycles. The van der Waals surface area contributed by atoms with Gasteiger partial charge >= 0.3 is 4.87 Å². The summed E-state index contributed by atoms with van der Waals surface area (Å²) in [5, 5.41) is 4.71. The van der Waals surface area contributed by atoms with Crippen molar-refractivity contribution in [1.82, 2.24) is 4.98 Å². The van der Waals surface area contributed by atoms with Gasteiger partial charge < -0.3 is 15.0 Å². The number of aromatic amines is 1. The number of halogens is 2. The van der Waals surface area contributed by atoms with Crippen LogP contribution in [0.3, 0.4) is 0 Å². The van der Waals surface area contributed by atoms with Crippen LogP contribution in [0.4, 0.5) is 15.8 Å². The van der Waals surface area contributed by atoms with Gasteiger partial charge in [0, 0.05) is 32.5 Å². The molecule has 1 fully saturated rings. The first-order chi connectivity index (χ1) is 21.3. The highest BCUT2D eigenvalue weighted by Gasteiger charge is 2.56. The number of imide groups is 1. The minimum Gasteiger partial charge on any atom is -0.483 e. The quantitative estimate of drug-likeness (QED) is 0.213. The number of nitrogens with zero attached hydrogens (tertiary/aromatic N) is 1. The molecule has 12 heteroatoms. The van der Waals surface area contributed by atoms with Crippen LogP contribution in [0.5, 0.6) is 5.75 Å². The monoisotopic (exact) mass is 645 g/mol. The Hall–Kier alpha value is -4.45. The second kappa shape index (κ2) is 11.2. The lowest BCUT2D eigenvalue weighted by Gasteiger charge is -2.31. The molecule has 0 saturated carbocycles. The van der Waals surface area contributed by atoms with Crippen molar-refractivity contribution < 1.29 is 23.5 Å². The third-order valence-corrected chi connectivity index (χ3v) is 10.3. The second-order valence-electron chi connectivity index (χ2n) is 10.3. The number of hydrogen-bond donors (Lipinski definition) is 2. The Balaban J connectivity index is 1.23. The largest absolute Gasteiger partial charge is 0.483 e. The molecule has 5 aromatic rings. The maximum atomic E-state index is 14.0. The molecule has 220 valence electrons. The fourth-order valence-corrected chi connectivity index (χ4v) is 8.44. The Kier molecular flexibility index (Phi) is 7.23. The van der Waals surface area contributed by atoms with Crippen molar-refractivity contribution in [1.29, 1.82) is 0 Å². The minimum absolute atomic E-state index is 0.250. The van der Waals surface area contributed by atoms with Crippen LogP contribution in [0.25, 0.3) is 10.8 Å². The molecule has 0 bridgehead atoms. The van der Waals surface area contributed by atoms with Crippen LogP contribution in [-0.4, -0.2) is 34.6 Å². The van der Waals surface area contributed by atoms with E-state index < -0.39 is 40.6 Å². The van der Waals surface area contributed by atoms with Gasteiger partial charge in [0.2, 0.25) is 11.8 Å². The number of anilines is 2. The van der Waals surface area contributed by atoms with Crippen LogP contribution in [0.1, 0.15) is 16.4 Å². The molecular formula is C32H21ClFN3O5S2. The molecule has 1 saturated heterocycles. The maximum Gasteiger partial charge on any atom is 0.305 e. The van der Waals surface area contributed by atoms with Gasteiger partial charge in [-0.1, -0.05) is 71.1 Å². The van der Waals surface area contributed by atoms with E-state index in [1.807, 2.05) is 36.4 Å². The van der Waals surface area contributed by atoms with Crippen molar-refractivity contribution in [2.45, 2.75) is 16.2 Å². The van der Waals surface area contributed by atoms with Crippen LogP contribution in [0.15, 0.2) is 94.7 Å². The van der Waals surface area contributed by atoms with E-state index in [0.717, 1.165) is 38.8 Å². The first-order valence-electron chi connectivity index (χ1n) is 13.5. The zero-order valence-electron chi connectivity index (χ0n) is 22.6. The van der Waals surface area contributed by atoms with E-state index >= 15 is 0 Å². The highest BCUT2D eigenvalue weighted by Crippen LogP contribution is 2.54. The number of nitrogens with one attached hydrogen (secondary N) is 2. The molecular weight excluding hydrogens is 625 g/mol. The lowest BCUT2D eigenvalue weighted by atomic mass is 9.82. The summed E-state index contributed by atoms with van der Waals surface area (Å²) in [6.45, 7) is -0.349. The van der Waals surface area contributed by atoms with E-state index in [2.05, 4.69) is 10.3 Å². The van der Waals surface area contributed by atoms with Crippen molar-refractivity contribution in [3.8, 4) is 5.75 Å². The van der Waals surface area contributed by atoms with E-state index in [0.29, 0.717) is 26.2 Å². The van der Waals surface area contributed by atoms with Gasteiger partial charge in [-0.15, -0.1) is 0 Å². The Morgan fingerprint density at radius 3 is 2.57 bits per heavy atom. The number of fused-ring (bicyclic) bond motifs is 3. The molecule has 0 radical (unpaired) electrons. The Labute approximate surface area is 262 Å². The fourth-order valence-electron chi connectivity index (χ4n) is 5.75. The molecule has 3 atom stereocenters. The number of rotatable bonds is 6. The molecule has 3 heterocycles. The number of carbonyl (C=O) groups is 3. The van der Waals surface area contributed by atoms with Gasteiger partial charge in [0.05, 0.1) is 16.6 Å². The summed E-state index contributed by atoms with van der Waals surface area (Å²) in [6.07, 6.45) is 0. The number of benzene rings is 4. The molecule has 2 unspecified atom stereocenters. The molecule has 8 nitrogen and oxygen atoms in total. The first-order valence-corrected chi connectivity index (χ1v) is 15.6. The molecule has 0 aliphatic carbocycles. The zero-order valence-corrected chi connectivity index (χ0v) is 25.0. The van der Waals surface area contributed by atoms with Crippen molar-refractivity contribution in [3.63, 3.8) is 0 Å². The number of ether oxygens (including phenoxy) is 1. The average molecular weight is 646 g/mol. The molecule has 0 spiro atoms. The van der Waals surface area contributed by atoms with Crippen LogP contribution < -0.4 is 19.8 Å². The third-order valence-electron chi connectivity index (χ3n) is 7.64. The van der Waals surface area contributed by atoms with Crippen molar-refractivity contribution in [2.24, 2.45) is 5.92 Å². The highest BCUT2D eigenvalue weighted by molar-refractivity contribution is 8.00. The van der Waals surface area contributed by atoms with Gasteiger partial charge in [-0.3, -0.25) is 19.2 Å². The van der Waals surface area contributed by atoms with Gasteiger partial charge in [0.25, 0.3) is 5.91 Å². The van der Waals surface area contributed by atoms with Gasteiger partial charge in [-0.2, -0.15) is 0 Å². The van der Waals surface area contributed by atoms with E-state index in [-0.39, 0.29) is 22.9 Å².